The Balaban J connectivity index is 1.75. The maximum atomic E-state index is 12.0. The second kappa shape index (κ2) is 5.83. The van der Waals surface area contributed by atoms with Crippen LogP contribution in [0.25, 0.3) is 0 Å². The molecule has 17 heavy (non-hydrogen) atoms. The average molecular weight is 240 g/mol. The minimum Gasteiger partial charge on any atom is -0.381 e. The molecular formula is C13H24N2O2. The van der Waals surface area contributed by atoms with Crippen LogP contribution in [0.3, 0.4) is 0 Å². The Labute approximate surface area is 104 Å². The van der Waals surface area contributed by atoms with Crippen LogP contribution in [0.4, 0.5) is 0 Å². The minimum atomic E-state index is 0.178. The lowest BCUT2D eigenvalue weighted by atomic mass is 9.99. The molecule has 0 aromatic carbocycles. The molecule has 98 valence electrons. The van der Waals surface area contributed by atoms with Gasteiger partial charge < -0.3 is 10.1 Å². The fourth-order valence-electron chi connectivity index (χ4n) is 2.65. The van der Waals surface area contributed by atoms with E-state index in [4.69, 9.17) is 4.74 Å². The van der Waals surface area contributed by atoms with E-state index in [2.05, 4.69) is 24.1 Å². The van der Waals surface area contributed by atoms with Gasteiger partial charge in [0.1, 0.15) is 0 Å². The van der Waals surface area contributed by atoms with Crippen LogP contribution in [0.2, 0.25) is 0 Å². The third-order valence-corrected chi connectivity index (χ3v) is 3.89. The van der Waals surface area contributed by atoms with Gasteiger partial charge in [-0.25, -0.2) is 0 Å². The van der Waals surface area contributed by atoms with E-state index in [0.717, 1.165) is 45.6 Å². The molecular weight excluding hydrogens is 216 g/mol. The molecule has 1 N–H and O–H groups in total. The smallest absolute Gasteiger partial charge is 0.223 e. The number of ether oxygens (including phenoxy) is 1. The second-order valence-corrected chi connectivity index (χ2v) is 5.47. The van der Waals surface area contributed by atoms with E-state index in [1.807, 2.05) is 0 Å². The first-order chi connectivity index (χ1) is 8.16. The van der Waals surface area contributed by atoms with Gasteiger partial charge in [-0.3, -0.25) is 9.69 Å². The quantitative estimate of drug-likeness (QED) is 0.800. The van der Waals surface area contributed by atoms with Crippen LogP contribution in [0.15, 0.2) is 0 Å². The molecule has 0 spiro atoms. The number of carbonyl (C=O) groups is 1. The summed E-state index contributed by atoms with van der Waals surface area (Å²) in [5.74, 6) is 0.417. The summed E-state index contributed by atoms with van der Waals surface area (Å²) < 4.78 is 5.28. The number of hydrogen-bond acceptors (Lipinski definition) is 3. The van der Waals surface area contributed by atoms with Crippen LogP contribution in [0, 0.1) is 5.92 Å². The molecule has 1 atom stereocenters. The van der Waals surface area contributed by atoms with E-state index in [9.17, 15) is 4.79 Å². The molecule has 4 nitrogen and oxygen atoms in total. The van der Waals surface area contributed by atoms with E-state index in [0.29, 0.717) is 12.1 Å². The monoisotopic (exact) mass is 240 g/mol. The van der Waals surface area contributed by atoms with Crippen molar-refractivity contribution in [1.82, 2.24) is 10.2 Å². The SMILES string of the molecule is CC(C)N1CC[C@@H](NC(=O)C2CCOCC2)C1. The molecule has 1 amide bonds. The zero-order valence-corrected chi connectivity index (χ0v) is 10.9. The third-order valence-electron chi connectivity index (χ3n) is 3.89. The Morgan fingerprint density at radius 1 is 1.29 bits per heavy atom. The van der Waals surface area contributed by atoms with E-state index in [1.54, 1.807) is 0 Å². The molecule has 0 aromatic heterocycles. The van der Waals surface area contributed by atoms with Crippen molar-refractivity contribution in [1.29, 1.82) is 0 Å². The van der Waals surface area contributed by atoms with Gasteiger partial charge in [0.25, 0.3) is 0 Å². The van der Waals surface area contributed by atoms with Crippen molar-refractivity contribution >= 4 is 5.91 Å². The highest BCUT2D eigenvalue weighted by atomic mass is 16.5. The number of likely N-dealkylation sites (tertiary alicyclic amines) is 1. The summed E-state index contributed by atoms with van der Waals surface area (Å²) >= 11 is 0. The summed E-state index contributed by atoms with van der Waals surface area (Å²) in [6, 6.07) is 0.938. The Hall–Kier alpha value is -0.610. The normalized spacial score (nSPS) is 27.6. The first-order valence-electron chi connectivity index (χ1n) is 6.79. The van der Waals surface area contributed by atoms with Crippen molar-refractivity contribution in [3.63, 3.8) is 0 Å². The minimum absolute atomic E-state index is 0.178. The molecule has 0 aromatic rings. The lowest BCUT2D eigenvalue weighted by Crippen LogP contribution is -2.42. The summed E-state index contributed by atoms with van der Waals surface area (Å²) in [5, 5.41) is 3.20. The average Bonchev–Trinajstić information content (AvgIpc) is 2.79. The van der Waals surface area contributed by atoms with Crippen molar-refractivity contribution in [2.75, 3.05) is 26.3 Å². The first-order valence-corrected chi connectivity index (χ1v) is 6.79. The van der Waals surface area contributed by atoms with E-state index in [1.165, 1.54) is 0 Å². The highest BCUT2D eigenvalue weighted by Gasteiger charge is 2.28. The molecule has 2 fully saturated rings. The van der Waals surface area contributed by atoms with E-state index in [-0.39, 0.29) is 11.8 Å². The van der Waals surface area contributed by atoms with Crippen molar-refractivity contribution in [2.24, 2.45) is 5.92 Å². The van der Waals surface area contributed by atoms with Gasteiger partial charge in [-0.2, -0.15) is 0 Å². The second-order valence-electron chi connectivity index (χ2n) is 5.47. The Bertz CT molecular complexity index is 262. The number of nitrogens with one attached hydrogen (secondary N) is 1. The van der Waals surface area contributed by atoms with E-state index >= 15 is 0 Å². The molecule has 0 saturated carbocycles. The van der Waals surface area contributed by atoms with Gasteiger partial charge in [-0.1, -0.05) is 0 Å². The lowest BCUT2D eigenvalue weighted by Gasteiger charge is -2.24. The van der Waals surface area contributed by atoms with E-state index < -0.39 is 0 Å². The molecule has 4 heteroatoms. The molecule has 0 unspecified atom stereocenters. The van der Waals surface area contributed by atoms with Gasteiger partial charge in [0.05, 0.1) is 0 Å². The summed E-state index contributed by atoms with van der Waals surface area (Å²) in [7, 11) is 0. The third kappa shape index (κ3) is 3.42. The van der Waals surface area contributed by atoms with Crippen molar-refractivity contribution in [2.45, 2.75) is 45.2 Å². The maximum absolute atomic E-state index is 12.0. The number of nitrogens with zero attached hydrogens (tertiary/aromatic N) is 1. The maximum Gasteiger partial charge on any atom is 0.223 e. The van der Waals surface area contributed by atoms with Crippen molar-refractivity contribution in [3.8, 4) is 0 Å². The Kier molecular flexibility index (Phi) is 4.40. The molecule has 2 aliphatic rings. The van der Waals surface area contributed by atoms with Crippen LogP contribution in [0.1, 0.15) is 33.1 Å². The number of carbonyl (C=O) groups excluding carboxylic acids is 1. The zero-order chi connectivity index (χ0) is 12.3. The summed E-state index contributed by atoms with van der Waals surface area (Å²) in [5.41, 5.74) is 0. The fourth-order valence-corrected chi connectivity index (χ4v) is 2.65. The fraction of sp³-hybridized carbons (Fsp3) is 0.923. The van der Waals surface area contributed by atoms with Crippen LogP contribution < -0.4 is 5.32 Å². The van der Waals surface area contributed by atoms with Crippen LogP contribution in [-0.2, 0) is 9.53 Å². The van der Waals surface area contributed by atoms with Gasteiger partial charge in [-0.05, 0) is 33.1 Å². The van der Waals surface area contributed by atoms with Crippen LogP contribution in [0.5, 0.6) is 0 Å². The topological polar surface area (TPSA) is 41.6 Å². The first kappa shape index (κ1) is 12.8. The van der Waals surface area contributed by atoms with Crippen molar-refractivity contribution < 1.29 is 9.53 Å². The van der Waals surface area contributed by atoms with Crippen molar-refractivity contribution in [3.05, 3.63) is 0 Å². The van der Waals surface area contributed by atoms with Gasteiger partial charge in [0, 0.05) is 44.3 Å². The molecule has 2 heterocycles. The Morgan fingerprint density at radius 2 is 2.00 bits per heavy atom. The number of amides is 1. The summed E-state index contributed by atoms with van der Waals surface area (Å²) in [6.45, 7) is 8.01. The number of hydrogen-bond donors (Lipinski definition) is 1. The standard InChI is InChI=1S/C13H24N2O2/c1-10(2)15-6-3-12(9-15)14-13(16)11-4-7-17-8-5-11/h10-12H,3-9H2,1-2H3,(H,14,16)/t12-/m1/s1. The van der Waals surface area contributed by atoms with Gasteiger partial charge in [0.2, 0.25) is 5.91 Å². The van der Waals surface area contributed by atoms with Crippen LogP contribution in [-0.4, -0.2) is 49.2 Å². The molecule has 2 saturated heterocycles. The molecule has 0 bridgehead atoms. The van der Waals surface area contributed by atoms with Gasteiger partial charge in [0.15, 0.2) is 0 Å². The highest BCUT2D eigenvalue weighted by Crippen LogP contribution is 2.17. The number of rotatable bonds is 3. The zero-order valence-electron chi connectivity index (χ0n) is 10.9. The van der Waals surface area contributed by atoms with Gasteiger partial charge >= 0.3 is 0 Å². The molecule has 0 radical (unpaired) electrons. The summed E-state index contributed by atoms with van der Waals surface area (Å²) in [4.78, 5) is 14.5. The lowest BCUT2D eigenvalue weighted by molar-refractivity contribution is -0.128. The molecule has 0 aliphatic carbocycles. The largest absolute Gasteiger partial charge is 0.381 e. The van der Waals surface area contributed by atoms with Gasteiger partial charge in [-0.15, -0.1) is 0 Å². The highest BCUT2D eigenvalue weighted by molar-refractivity contribution is 5.79. The Morgan fingerprint density at radius 3 is 2.59 bits per heavy atom. The predicted molar refractivity (Wildman–Crippen MR) is 66.8 cm³/mol. The summed E-state index contributed by atoms with van der Waals surface area (Å²) in [6.07, 6.45) is 2.85. The molecule has 2 aliphatic heterocycles. The van der Waals surface area contributed by atoms with Crippen LogP contribution >= 0.6 is 0 Å². The predicted octanol–water partition coefficient (Wildman–Crippen LogP) is 1.01. The molecule has 2 rings (SSSR count).